The maximum Gasteiger partial charge on any atom is 0.226 e. The molecule has 1 saturated heterocycles. The Kier molecular flexibility index (Phi) is 3.97. The fourth-order valence-electron chi connectivity index (χ4n) is 2.25. The van der Waals surface area contributed by atoms with E-state index in [0.29, 0.717) is 26.1 Å². The maximum absolute atomic E-state index is 11.9. The number of nitrogens with zero attached hydrogens (tertiary/aromatic N) is 1. The Morgan fingerprint density at radius 3 is 2.70 bits per heavy atom. The van der Waals surface area contributed by atoms with Gasteiger partial charge in [0.2, 0.25) is 11.8 Å². The lowest BCUT2D eigenvalue weighted by atomic mass is 9.81. The van der Waals surface area contributed by atoms with Gasteiger partial charge in [0.05, 0.1) is 18.4 Å². The summed E-state index contributed by atoms with van der Waals surface area (Å²) in [6.45, 7) is 4.92. The lowest BCUT2D eigenvalue weighted by Crippen LogP contribution is -2.62. The van der Waals surface area contributed by atoms with Crippen LogP contribution in [0.5, 0.6) is 5.75 Å². The topological polar surface area (TPSA) is 72.6 Å². The highest BCUT2D eigenvalue weighted by Crippen LogP contribution is 2.29. The zero-order valence-corrected chi connectivity index (χ0v) is 11.9. The minimum absolute atomic E-state index is 0.00335. The predicted molar refractivity (Wildman–Crippen MR) is 75.2 cm³/mol. The second-order valence-corrected chi connectivity index (χ2v) is 5.59. The van der Waals surface area contributed by atoms with Crippen molar-refractivity contribution in [2.75, 3.05) is 19.7 Å². The van der Waals surface area contributed by atoms with E-state index in [1.54, 1.807) is 11.8 Å². The van der Waals surface area contributed by atoms with E-state index in [4.69, 9.17) is 10.5 Å². The average Bonchev–Trinajstić information content (AvgIpc) is 2.34. The van der Waals surface area contributed by atoms with Gasteiger partial charge >= 0.3 is 0 Å². The molecule has 2 N–H and O–H groups in total. The Morgan fingerprint density at radius 1 is 1.40 bits per heavy atom. The van der Waals surface area contributed by atoms with Gasteiger partial charge in [-0.15, -0.1) is 0 Å². The molecule has 1 fully saturated rings. The van der Waals surface area contributed by atoms with Crippen LogP contribution in [0, 0.1) is 12.3 Å². The van der Waals surface area contributed by atoms with Crippen molar-refractivity contribution >= 4 is 11.8 Å². The number of nitrogens with two attached hydrogens (primary N) is 1. The first-order chi connectivity index (χ1) is 9.40. The Bertz CT molecular complexity index is 522. The number of likely N-dealkylation sites (tertiary alicyclic amines) is 1. The van der Waals surface area contributed by atoms with Gasteiger partial charge in [0.15, 0.2) is 0 Å². The molecule has 0 aliphatic carbocycles. The SMILES string of the molecule is Cc1cccc(OCCC(=O)N2CC(C)(C(N)=O)C2)c1. The first-order valence-corrected chi connectivity index (χ1v) is 6.68. The summed E-state index contributed by atoms with van der Waals surface area (Å²) >= 11 is 0. The molecule has 2 amide bonds. The highest BCUT2D eigenvalue weighted by Gasteiger charge is 2.45. The van der Waals surface area contributed by atoms with Gasteiger partial charge in [0.1, 0.15) is 5.75 Å². The van der Waals surface area contributed by atoms with Crippen LogP contribution in [0.4, 0.5) is 0 Å². The number of hydrogen-bond donors (Lipinski definition) is 1. The summed E-state index contributed by atoms with van der Waals surface area (Å²) in [5.74, 6) is 0.414. The molecule has 1 aromatic carbocycles. The standard InChI is InChI=1S/C15H20N2O3/c1-11-4-3-5-12(8-11)20-7-6-13(18)17-9-15(2,10-17)14(16)19/h3-5,8H,6-7,9-10H2,1-2H3,(H2,16,19). The monoisotopic (exact) mass is 276 g/mol. The van der Waals surface area contributed by atoms with Crippen molar-refractivity contribution in [3.05, 3.63) is 29.8 Å². The largest absolute Gasteiger partial charge is 0.493 e. The first-order valence-electron chi connectivity index (χ1n) is 6.68. The molecule has 0 atom stereocenters. The Labute approximate surface area is 118 Å². The molecular formula is C15H20N2O3. The van der Waals surface area contributed by atoms with E-state index in [2.05, 4.69) is 0 Å². The molecule has 2 rings (SSSR count). The van der Waals surface area contributed by atoms with Crippen molar-refractivity contribution < 1.29 is 14.3 Å². The minimum Gasteiger partial charge on any atom is -0.493 e. The zero-order valence-electron chi connectivity index (χ0n) is 11.9. The second-order valence-electron chi connectivity index (χ2n) is 5.59. The second kappa shape index (κ2) is 5.53. The predicted octanol–water partition coefficient (Wildman–Crippen LogP) is 1.10. The quantitative estimate of drug-likeness (QED) is 0.875. The number of ether oxygens (including phenoxy) is 1. The molecule has 5 nitrogen and oxygen atoms in total. The van der Waals surface area contributed by atoms with Crippen LogP contribution in [0.25, 0.3) is 0 Å². The summed E-state index contributed by atoms with van der Waals surface area (Å²) in [6, 6.07) is 7.70. The Hall–Kier alpha value is -2.04. The van der Waals surface area contributed by atoms with Crippen molar-refractivity contribution in [3.63, 3.8) is 0 Å². The van der Waals surface area contributed by atoms with Crippen molar-refractivity contribution in [2.24, 2.45) is 11.1 Å². The lowest BCUT2D eigenvalue weighted by Gasteiger charge is -2.45. The lowest BCUT2D eigenvalue weighted by molar-refractivity contribution is -0.150. The van der Waals surface area contributed by atoms with Crippen LogP contribution < -0.4 is 10.5 Å². The maximum atomic E-state index is 11.9. The third kappa shape index (κ3) is 3.10. The number of carbonyl (C=O) groups is 2. The van der Waals surface area contributed by atoms with Crippen LogP contribution in [-0.2, 0) is 9.59 Å². The Morgan fingerprint density at radius 2 is 2.10 bits per heavy atom. The molecule has 0 saturated carbocycles. The van der Waals surface area contributed by atoms with Crippen LogP contribution in [0.2, 0.25) is 0 Å². The normalized spacial score (nSPS) is 16.4. The molecule has 0 unspecified atom stereocenters. The highest BCUT2D eigenvalue weighted by atomic mass is 16.5. The summed E-state index contributed by atoms with van der Waals surface area (Å²) in [5, 5.41) is 0. The number of carbonyl (C=O) groups excluding carboxylic acids is 2. The highest BCUT2D eigenvalue weighted by molar-refractivity contribution is 5.86. The first kappa shape index (κ1) is 14.4. The van der Waals surface area contributed by atoms with Gasteiger partial charge in [-0.3, -0.25) is 9.59 Å². The fraction of sp³-hybridized carbons (Fsp3) is 0.467. The third-order valence-corrected chi connectivity index (χ3v) is 3.60. The summed E-state index contributed by atoms with van der Waals surface area (Å²) in [6.07, 6.45) is 0.308. The van der Waals surface area contributed by atoms with E-state index in [1.165, 1.54) is 0 Å². The van der Waals surface area contributed by atoms with E-state index in [0.717, 1.165) is 11.3 Å². The summed E-state index contributed by atoms with van der Waals surface area (Å²) in [4.78, 5) is 24.7. The molecule has 0 aromatic heterocycles. The van der Waals surface area contributed by atoms with E-state index in [-0.39, 0.29) is 11.8 Å². The molecule has 0 bridgehead atoms. The summed E-state index contributed by atoms with van der Waals surface area (Å²) in [7, 11) is 0. The fourth-order valence-corrected chi connectivity index (χ4v) is 2.25. The van der Waals surface area contributed by atoms with Crippen molar-refractivity contribution in [3.8, 4) is 5.75 Å². The zero-order chi connectivity index (χ0) is 14.8. The van der Waals surface area contributed by atoms with Crippen LogP contribution in [-0.4, -0.2) is 36.4 Å². The number of amides is 2. The number of aryl methyl sites for hydroxylation is 1. The van der Waals surface area contributed by atoms with E-state index in [9.17, 15) is 9.59 Å². The molecule has 5 heteroatoms. The molecule has 1 aliphatic rings. The van der Waals surface area contributed by atoms with Crippen LogP contribution in [0.15, 0.2) is 24.3 Å². The molecule has 1 heterocycles. The molecule has 1 aromatic rings. The van der Waals surface area contributed by atoms with Crippen molar-refractivity contribution in [1.82, 2.24) is 4.90 Å². The number of hydrogen-bond acceptors (Lipinski definition) is 3. The van der Waals surface area contributed by atoms with Crippen LogP contribution in [0.3, 0.4) is 0 Å². The third-order valence-electron chi connectivity index (χ3n) is 3.60. The Balaban J connectivity index is 1.73. The van der Waals surface area contributed by atoms with Gasteiger partial charge in [-0.05, 0) is 31.5 Å². The van der Waals surface area contributed by atoms with E-state index < -0.39 is 5.41 Å². The number of rotatable bonds is 5. The number of benzene rings is 1. The smallest absolute Gasteiger partial charge is 0.226 e. The van der Waals surface area contributed by atoms with Gasteiger partial charge < -0.3 is 15.4 Å². The summed E-state index contributed by atoms with van der Waals surface area (Å²) < 4.78 is 5.54. The molecule has 0 radical (unpaired) electrons. The molecular weight excluding hydrogens is 256 g/mol. The number of primary amides is 1. The summed E-state index contributed by atoms with van der Waals surface area (Å²) in [5.41, 5.74) is 5.84. The molecule has 20 heavy (non-hydrogen) atoms. The van der Waals surface area contributed by atoms with Gasteiger partial charge in [-0.1, -0.05) is 12.1 Å². The molecule has 0 spiro atoms. The molecule has 1 aliphatic heterocycles. The van der Waals surface area contributed by atoms with E-state index in [1.807, 2.05) is 31.2 Å². The van der Waals surface area contributed by atoms with E-state index >= 15 is 0 Å². The molecule has 108 valence electrons. The van der Waals surface area contributed by atoms with Crippen LogP contribution in [0.1, 0.15) is 18.9 Å². The van der Waals surface area contributed by atoms with Gasteiger partial charge in [0, 0.05) is 13.1 Å². The van der Waals surface area contributed by atoms with Gasteiger partial charge in [0.25, 0.3) is 0 Å². The van der Waals surface area contributed by atoms with Gasteiger partial charge in [-0.25, -0.2) is 0 Å². The minimum atomic E-state index is -0.562. The average molecular weight is 276 g/mol. The van der Waals surface area contributed by atoms with Crippen molar-refractivity contribution in [1.29, 1.82) is 0 Å². The van der Waals surface area contributed by atoms with Crippen molar-refractivity contribution in [2.45, 2.75) is 20.3 Å². The van der Waals surface area contributed by atoms with Gasteiger partial charge in [-0.2, -0.15) is 0 Å². The van der Waals surface area contributed by atoms with Crippen LogP contribution >= 0.6 is 0 Å².